The Balaban J connectivity index is 1.99. The molecule has 3 nitrogen and oxygen atoms in total. The van der Waals surface area contributed by atoms with E-state index in [1.165, 1.54) is 12.7 Å². The molecule has 3 aromatic carbocycles. The molecule has 24 heavy (non-hydrogen) atoms. The number of carbonyl (C=O) groups excluding carboxylic acids is 1. The molecule has 3 aromatic rings. The lowest BCUT2D eigenvalue weighted by molar-refractivity contribution is 0.0601. The van der Waals surface area contributed by atoms with Gasteiger partial charge in [-0.3, -0.25) is 0 Å². The van der Waals surface area contributed by atoms with Gasteiger partial charge in [-0.05, 0) is 46.2 Å². The third kappa shape index (κ3) is 2.47. The first-order valence-corrected chi connectivity index (χ1v) is 8.53. The number of hydrogen-bond acceptors (Lipinski definition) is 3. The van der Waals surface area contributed by atoms with Crippen molar-refractivity contribution in [2.45, 2.75) is 6.42 Å². The maximum Gasteiger partial charge on any atom is 0.337 e. The summed E-state index contributed by atoms with van der Waals surface area (Å²) in [6.45, 7) is 0.705. The molecule has 0 spiro atoms. The van der Waals surface area contributed by atoms with Crippen molar-refractivity contribution in [1.29, 1.82) is 0 Å². The van der Waals surface area contributed by atoms with Gasteiger partial charge >= 0.3 is 5.97 Å². The Labute approximate surface area is 148 Å². The minimum atomic E-state index is -0.331. The highest BCUT2D eigenvalue weighted by Gasteiger charge is 2.20. The van der Waals surface area contributed by atoms with Crippen LogP contribution >= 0.6 is 15.9 Å². The lowest BCUT2D eigenvalue weighted by Crippen LogP contribution is -2.00. The number of halogens is 1. The molecule has 0 saturated carbocycles. The molecule has 120 valence electrons. The van der Waals surface area contributed by atoms with E-state index in [0.717, 1.165) is 38.5 Å². The minimum Gasteiger partial charge on any atom is -0.492 e. The molecular weight excluding hydrogens is 368 g/mol. The topological polar surface area (TPSA) is 35.5 Å². The molecule has 4 heteroatoms. The average Bonchev–Trinajstić information content (AvgIpc) is 3.07. The number of hydrogen-bond donors (Lipinski definition) is 0. The van der Waals surface area contributed by atoms with Crippen LogP contribution in [0.2, 0.25) is 0 Å². The Morgan fingerprint density at radius 2 is 2.00 bits per heavy atom. The SMILES string of the molecule is COC(=O)c1ccc2cccc(-c3cc(Br)cc4c3OCC4)c2c1. The zero-order valence-corrected chi connectivity index (χ0v) is 14.7. The summed E-state index contributed by atoms with van der Waals surface area (Å²) < 4.78 is 11.8. The van der Waals surface area contributed by atoms with Crippen LogP contribution in [0.5, 0.6) is 5.75 Å². The van der Waals surface area contributed by atoms with Crippen molar-refractivity contribution in [1.82, 2.24) is 0 Å². The second-order valence-corrected chi connectivity index (χ2v) is 6.69. The fourth-order valence-corrected chi connectivity index (χ4v) is 3.73. The first kappa shape index (κ1) is 15.2. The summed E-state index contributed by atoms with van der Waals surface area (Å²) in [6.07, 6.45) is 0.917. The molecule has 0 fully saturated rings. The molecule has 1 aliphatic heterocycles. The van der Waals surface area contributed by atoms with Crippen molar-refractivity contribution in [3.8, 4) is 16.9 Å². The van der Waals surface area contributed by atoms with Gasteiger partial charge in [0.05, 0.1) is 19.3 Å². The van der Waals surface area contributed by atoms with E-state index >= 15 is 0 Å². The predicted molar refractivity (Wildman–Crippen MR) is 97.6 cm³/mol. The fraction of sp³-hybridized carbons (Fsp3) is 0.150. The molecule has 0 aromatic heterocycles. The maximum absolute atomic E-state index is 11.9. The molecule has 0 atom stereocenters. The number of fused-ring (bicyclic) bond motifs is 2. The van der Waals surface area contributed by atoms with Crippen LogP contribution in [0.4, 0.5) is 0 Å². The van der Waals surface area contributed by atoms with Gasteiger partial charge in [-0.25, -0.2) is 4.79 Å². The van der Waals surface area contributed by atoms with Crippen molar-refractivity contribution >= 4 is 32.7 Å². The Bertz CT molecular complexity index is 963. The van der Waals surface area contributed by atoms with Gasteiger partial charge < -0.3 is 9.47 Å². The van der Waals surface area contributed by atoms with Crippen molar-refractivity contribution in [3.05, 3.63) is 64.1 Å². The number of esters is 1. The van der Waals surface area contributed by atoms with Gasteiger partial charge in [-0.1, -0.05) is 40.2 Å². The quantitative estimate of drug-likeness (QED) is 0.585. The number of ether oxygens (including phenoxy) is 2. The van der Waals surface area contributed by atoms with Crippen LogP contribution in [0.15, 0.2) is 53.0 Å². The number of methoxy groups -OCH3 is 1. The molecule has 0 saturated heterocycles. The van der Waals surface area contributed by atoms with E-state index in [-0.39, 0.29) is 5.97 Å². The number of carbonyl (C=O) groups is 1. The summed E-state index contributed by atoms with van der Waals surface area (Å²) in [7, 11) is 1.40. The van der Waals surface area contributed by atoms with Crippen LogP contribution in [0, 0.1) is 0 Å². The summed E-state index contributed by atoms with van der Waals surface area (Å²) in [4.78, 5) is 11.9. The molecule has 0 radical (unpaired) electrons. The molecule has 0 unspecified atom stereocenters. The Hall–Kier alpha value is -2.33. The van der Waals surface area contributed by atoms with Gasteiger partial charge in [0, 0.05) is 16.5 Å². The molecule has 1 aliphatic rings. The Morgan fingerprint density at radius 1 is 1.12 bits per heavy atom. The predicted octanol–water partition coefficient (Wildman–Crippen LogP) is 4.99. The van der Waals surface area contributed by atoms with Crippen LogP contribution in [0.25, 0.3) is 21.9 Å². The highest BCUT2D eigenvalue weighted by molar-refractivity contribution is 9.10. The minimum absolute atomic E-state index is 0.331. The number of benzene rings is 3. The normalized spacial score (nSPS) is 12.8. The van der Waals surface area contributed by atoms with Crippen molar-refractivity contribution in [3.63, 3.8) is 0 Å². The second-order valence-electron chi connectivity index (χ2n) is 5.77. The zero-order valence-electron chi connectivity index (χ0n) is 13.1. The van der Waals surface area contributed by atoms with Gasteiger partial charge in [0.2, 0.25) is 0 Å². The van der Waals surface area contributed by atoms with E-state index in [1.54, 1.807) is 6.07 Å². The molecule has 1 heterocycles. The summed E-state index contributed by atoms with van der Waals surface area (Å²) in [6, 6.07) is 15.9. The van der Waals surface area contributed by atoms with Crippen molar-refractivity contribution in [2.24, 2.45) is 0 Å². The molecule has 4 rings (SSSR count). The lowest BCUT2D eigenvalue weighted by atomic mass is 9.95. The Kier molecular flexibility index (Phi) is 3.77. The second kappa shape index (κ2) is 5.95. The summed E-state index contributed by atoms with van der Waals surface area (Å²) in [5.74, 6) is 0.608. The number of rotatable bonds is 2. The molecule has 0 amide bonds. The van der Waals surface area contributed by atoms with E-state index in [2.05, 4.69) is 34.1 Å². The van der Waals surface area contributed by atoms with Crippen LogP contribution in [0.1, 0.15) is 15.9 Å². The van der Waals surface area contributed by atoms with E-state index < -0.39 is 0 Å². The van der Waals surface area contributed by atoms with Crippen molar-refractivity contribution in [2.75, 3.05) is 13.7 Å². The molecule has 0 bridgehead atoms. The fourth-order valence-electron chi connectivity index (χ4n) is 3.22. The molecule has 0 N–H and O–H groups in total. The first-order valence-electron chi connectivity index (χ1n) is 7.74. The van der Waals surface area contributed by atoms with E-state index in [0.29, 0.717) is 12.2 Å². The average molecular weight is 383 g/mol. The van der Waals surface area contributed by atoms with Gasteiger partial charge in [-0.15, -0.1) is 0 Å². The van der Waals surface area contributed by atoms with Crippen LogP contribution in [-0.2, 0) is 11.2 Å². The highest BCUT2D eigenvalue weighted by Crippen LogP contribution is 2.42. The summed E-state index contributed by atoms with van der Waals surface area (Å²) in [5, 5.41) is 2.09. The smallest absolute Gasteiger partial charge is 0.337 e. The monoisotopic (exact) mass is 382 g/mol. The third-order valence-electron chi connectivity index (χ3n) is 4.34. The summed E-state index contributed by atoms with van der Waals surface area (Å²) >= 11 is 3.60. The van der Waals surface area contributed by atoms with Gasteiger partial charge in [0.25, 0.3) is 0 Å². The van der Waals surface area contributed by atoms with E-state index in [1.807, 2.05) is 24.3 Å². The largest absolute Gasteiger partial charge is 0.492 e. The highest BCUT2D eigenvalue weighted by atomic mass is 79.9. The van der Waals surface area contributed by atoms with Gasteiger partial charge in [-0.2, -0.15) is 0 Å². The van der Waals surface area contributed by atoms with Crippen molar-refractivity contribution < 1.29 is 14.3 Å². The van der Waals surface area contributed by atoms with Gasteiger partial charge in [0.15, 0.2) is 0 Å². The zero-order chi connectivity index (χ0) is 16.7. The lowest BCUT2D eigenvalue weighted by Gasteiger charge is -2.13. The molecular formula is C20H15BrO3. The first-order chi connectivity index (χ1) is 11.7. The summed E-state index contributed by atoms with van der Waals surface area (Å²) in [5.41, 5.74) is 3.85. The van der Waals surface area contributed by atoms with E-state index in [4.69, 9.17) is 9.47 Å². The van der Waals surface area contributed by atoms with Crippen LogP contribution in [-0.4, -0.2) is 19.7 Å². The van der Waals surface area contributed by atoms with E-state index in [9.17, 15) is 4.79 Å². The molecule has 0 aliphatic carbocycles. The van der Waals surface area contributed by atoms with Crippen LogP contribution in [0.3, 0.4) is 0 Å². The van der Waals surface area contributed by atoms with Gasteiger partial charge in [0.1, 0.15) is 5.75 Å². The third-order valence-corrected chi connectivity index (χ3v) is 4.80. The van der Waals surface area contributed by atoms with Crippen LogP contribution < -0.4 is 4.74 Å². The standard InChI is InChI=1S/C20H15BrO3/c1-23-20(22)14-6-5-12-3-2-4-16(17(12)10-14)18-11-15(21)9-13-7-8-24-19(13)18/h2-6,9-11H,7-8H2,1H3. The Morgan fingerprint density at radius 3 is 2.83 bits per heavy atom. The maximum atomic E-state index is 11.9.